The Balaban J connectivity index is 1.70. The predicted molar refractivity (Wildman–Crippen MR) is 61.4 cm³/mol. The van der Waals surface area contributed by atoms with Crippen LogP contribution in [-0.2, 0) is 9.47 Å². The van der Waals surface area contributed by atoms with E-state index in [0.29, 0.717) is 12.2 Å². The first-order valence-corrected chi connectivity index (χ1v) is 6.37. The van der Waals surface area contributed by atoms with Crippen molar-refractivity contribution in [1.29, 1.82) is 0 Å². The molecule has 4 nitrogen and oxygen atoms in total. The number of aliphatic hydroxyl groups is 1. The maximum absolute atomic E-state index is 9.44. The van der Waals surface area contributed by atoms with Gasteiger partial charge in [0.25, 0.3) is 0 Å². The lowest BCUT2D eigenvalue weighted by Gasteiger charge is -2.47. The summed E-state index contributed by atoms with van der Waals surface area (Å²) in [5.41, 5.74) is -0.105. The summed E-state index contributed by atoms with van der Waals surface area (Å²) in [5.74, 6) is 0. The van der Waals surface area contributed by atoms with Crippen molar-refractivity contribution in [2.45, 2.75) is 50.4 Å². The zero-order valence-corrected chi connectivity index (χ0v) is 10.1. The highest BCUT2D eigenvalue weighted by atomic mass is 16.5. The smallest absolute Gasteiger partial charge is 0.0700 e. The van der Waals surface area contributed by atoms with Crippen LogP contribution in [0.5, 0.6) is 0 Å². The van der Waals surface area contributed by atoms with Crippen molar-refractivity contribution in [2.24, 2.45) is 0 Å². The highest BCUT2D eigenvalue weighted by Crippen LogP contribution is 2.34. The third-order valence-electron chi connectivity index (χ3n) is 3.67. The lowest BCUT2D eigenvalue weighted by molar-refractivity contribution is -0.0725. The van der Waals surface area contributed by atoms with Gasteiger partial charge in [-0.1, -0.05) is 0 Å². The van der Waals surface area contributed by atoms with Crippen molar-refractivity contribution in [3.8, 4) is 0 Å². The van der Waals surface area contributed by atoms with Gasteiger partial charge in [0, 0.05) is 25.3 Å². The van der Waals surface area contributed by atoms with E-state index in [1.807, 2.05) is 6.92 Å². The molecule has 0 radical (unpaired) electrons. The molecule has 0 aromatic carbocycles. The second-order valence-corrected chi connectivity index (χ2v) is 4.94. The van der Waals surface area contributed by atoms with Crippen molar-refractivity contribution in [2.75, 3.05) is 26.4 Å². The summed E-state index contributed by atoms with van der Waals surface area (Å²) >= 11 is 0. The van der Waals surface area contributed by atoms with E-state index in [0.717, 1.165) is 39.0 Å². The van der Waals surface area contributed by atoms with E-state index in [1.165, 1.54) is 6.42 Å². The highest BCUT2D eigenvalue weighted by Gasteiger charge is 2.44. The van der Waals surface area contributed by atoms with Gasteiger partial charge in [0.15, 0.2) is 0 Å². The average molecular weight is 229 g/mol. The SMILES string of the molecule is CCOC1CC(CO)(NCC2CCCO2)C1. The molecule has 4 heteroatoms. The molecule has 0 aromatic heterocycles. The molecule has 2 fully saturated rings. The Labute approximate surface area is 97.3 Å². The van der Waals surface area contributed by atoms with Crippen molar-refractivity contribution >= 4 is 0 Å². The van der Waals surface area contributed by atoms with Crippen LogP contribution in [0.1, 0.15) is 32.6 Å². The van der Waals surface area contributed by atoms with Gasteiger partial charge in [0.05, 0.1) is 18.8 Å². The van der Waals surface area contributed by atoms with Gasteiger partial charge in [-0.25, -0.2) is 0 Å². The number of ether oxygens (including phenoxy) is 2. The molecule has 1 heterocycles. The molecule has 2 rings (SSSR count). The average Bonchev–Trinajstić information content (AvgIpc) is 2.74. The largest absolute Gasteiger partial charge is 0.394 e. The number of rotatable bonds is 6. The van der Waals surface area contributed by atoms with E-state index in [1.54, 1.807) is 0 Å². The maximum atomic E-state index is 9.44. The molecule has 16 heavy (non-hydrogen) atoms. The van der Waals surface area contributed by atoms with Crippen LogP contribution in [-0.4, -0.2) is 49.2 Å². The fourth-order valence-corrected chi connectivity index (χ4v) is 2.63. The lowest BCUT2D eigenvalue weighted by Crippen LogP contribution is -2.61. The van der Waals surface area contributed by atoms with Gasteiger partial charge >= 0.3 is 0 Å². The van der Waals surface area contributed by atoms with E-state index in [2.05, 4.69) is 5.32 Å². The fourth-order valence-electron chi connectivity index (χ4n) is 2.63. The Hall–Kier alpha value is -0.160. The van der Waals surface area contributed by atoms with E-state index in [9.17, 15) is 5.11 Å². The van der Waals surface area contributed by atoms with Gasteiger partial charge in [-0.2, -0.15) is 0 Å². The molecule has 1 saturated carbocycles. The fraction of sp³-hybridized carbons (Fsp3) is 1.00. The van der Waals surface area contributed by atoms with Crippen LogP contribution >= 0.6 is 0 Å². The highest BCUT2D eigenvalue weighted by molar-refractivity contribution is 5.02. The number of hydrogen-bond acceptors (Lipinski definition) is 4. The monoisotopic (exact) mass is 229 g/mol. The van der Waals surface area contributed by atoms with Gasteiger partial charge in [0.2, 0.25) is 0 Å². The molecule has 0 amide bonds. The Kier molecular flexibility index (Phi) is 4.19. The summed E-state index contributed by atoms with van der Waals surface area (Å²) in [5, 5.41) is 12.9. The van der Waals surface area contributed by atoms with Crippen LogP contribution in [0.25, 0.3) is 0 Å². The van der Waals surface area contributed by atoms with Gasteiger partial charge in [-0.05, 0) is 32.6 Å². The van der Waals surface area contributed by atoms with Gasteiger partial charge < -0.3 is 19.9 Å². The summed E-state index contributed by atoms with van der Waals surface area (Å²) in [7, 11) is 0. The van der Waals surface area contributed by atoms with Crippen LogP contribution < -0.4 is 5.32 Å². The molecule has 1 aliphatic carbocycles. The molecule has 1 saturated heterocycles. The van der Waals surface area contributed by atoms with E-state index in [4.69, 9.17) is 9.47 Å². The first-order valence-electron chi connectivity index (χ1n) is 6.37. The van der Waals surface area contributed by atoms with Crippen LogP contribution in [0, 0.1) is 0 Å². The number of nitrogens with one attached hydrogen (secondary N) is 1. The second kappa shape index (κ2) is 5.45. The van der Waals surface area contributed by atoms with Crippen LogP contribution in [0.15, 0.2) is 0 Å². The summed E-state index contributed by atoms with van der Waals surface area (Å²) in [6, 6.07) is 0. The standard InChI is InChI=1S/C12H23NO3/c1-2-15-11-6-12(7-11,9-14)13-8-10-4-3-5-16-10/h10-11,13-14H,2-9H2,1H3. The third-order valence-corrected chi connectivity index (χ3v) is 3.67. The molecule has 1 unspecified atom stereocenters. The number of hydrogen-bond donors (Lipinski definition) is 2. The molecule has 2 aliphatic rings. The van der Waals surface area contributed by atoms with E-state index < -0.39 is 0 Å². The third kappa shape index (κ3) is 2.74. The summed E-state index contributed by atoms with van der Waals surface area (Å²) in [6.07, 6.45) is 4.82. The molecule has 0 aromatic rings. The summed E-state index contributed by atoms with van der Waals surface area (Å²) in [4.78, 5) is 0. The normalized spacial score (nSPS) is 38.6. The Morgan fingerprint density at radius 1 is 1.50 bits per heavy atom. The van der Waals surface area contributed by atoms with E-state index in [-0.39, 0.29) is 12.1 Å². The second-order valence-electron chi connectivity index (χ2n) is 4.94. The van der Waals surface area contributed by atoms with Crippen molar-refractivity contribution in [3.05, 3.63) is 0 Å². The van der Waals surface area contributed by atoms with E-state index >= 15 is 0 Å². The molecule has 0 spiro atoms. The molecule has 1 aliphatic heterocycles. The maximum Gasteiger partial charge on any atom is 0.0700 e. The first kappa shape index (κ1) is 12.3. The molecular formula is C12H23NO3. The van der Waals surface area contributed by atoms with Gasteiger partial charge in [0.1, 0.15) is 0 Å². The first-order chi connectivity index (χ1) is 7.78. The summed E-state index contributed by atoms with van der Waals surface area (Å²) < 4.78 is 11.1. The lowest BCUT2D eigenvalue weighted by atomic mass is 9.74. The van der Waals surface area contributed by atoms with Gasteiger partial charge in [-0.3, -0.25) is 0 Å². The Bertz CT molecular complexity index is 210. The van der Waals surface area contributed by atoms with Crippen LogP contribution in [0.2, 0.25) is 0 Å². The number of aliphatic hydroxyl groups excluding tert-OH is 1. The topological polar surface area (TPSA) is 50.7 Å². The minimum absolute atomic E-state index is 0.105. The Morgan fingerprint density at radius 3 is 2.88 bits per heavy atom. The van der Waals surface area contributed by atoms with Crippen molar-refractivity contribution in [3.63, 3.8) is 0 Å². The Morgan fingerprint density at radius 2 is 2.31 bits per heavy atom. The zero-order chi connectivity index (χ0) is 11.4. The van der Waals surface area contributed by atoms with Gasteiger partial charge in [-0.15, -0.1) is 0 Å². The molecular weight excluding hydrogens is 206 g/mol. The van der Waals surface area contributed by atoms with Crippen molar-refractivity contribution in [1.82, 2.24) is 5.32 Å². The zero-order valence-electron chi connectivity index (χ0n) is 10.1. The van der Waals surface area contributed by atoms with Crippen LogP contribution in [0.4, 0.5) is 0 Å². The molecule has 1 atom stereocenters. The van der Waals surface area contributed by atoms with Crippen molar-refractivity contribution < 1.29 is 14.6 Å². The predicted octanol–water partition coefficient (Wildman–Crippen LogP) is 0.685. The minimum Gasteiger partial charge on any atom is -0.394 e. The quantitative estimate of drug-likeness (QED) is 0.703. The molecule has 94 valence electrons. The minimum atomic E-state index is -0.105. The summed E-state index contributed by atoms with van der Waals surface area (Å²) in [6.45, 7) is 4.72. The van der Waals surface area contributed by atoms with Crippen LogP contribution in [0.3, 0.4) is 0 Å². The molecule has 0 bridgehead atoms. The molecule has 2 N–H and O–H groups in total.